The molecular formula is C10H13N3O3. The minimum Gasteiger partial charge on any atom is -0.353 e. The summed E-state index contributed by atoms with van der Waals surface area (Å²) in [6.45, 7) is 1.61. The van der Waals surface area contributed by atoms with Gasteiger partial charge in [-0.3, -0.25) is 14.6 Å². The Morgan fingerprint density at radius 3 is 2.62 bits per heavy atom. The summed E-state index contributed by atoms with van der Waals surface area (Å²) < 4.78 is 0. The number of nitrogens with one attached hydrogen (secondary N) is 3. The lowest BCUT2D eigenvalue weighted by Crippen LogP contribution is -2.33. The van der Waals surface area contributed by atoms with Crippen LogP contribution in [0.2, 0.25) is 0 Å². The van der Waals surface area contributed by atoms with Crippen LogP contribution < -0.4 is 16.6 Å². The topological polar surface area (TPSA) is 94.8 Å². The first-order chi connectivity index (χ1) is 7.56. The summed E-state index contributed by atoms with van der Waals surface area (Å²) in [6, 6.07) is 0.273. The largest absolute Gasteiger partial charge is 0.353 e. The zero-order valence-corrected chi connectivity index (χ0v) is 8.92. The van der Waals surface area contributed by atoms with Crippen LogP contribution in [0.5, 0.6) is 0 Å². The van der Waals surface area contributed by atoms with Crippen molar-refractivity contribution in [2.24, 2.45) is 0 Å². The third-order valence-electron chi connectivity index (χ3n) is 2.53. The van der Waals surface area contributed by atoms with E-state index in [0.717, 1.165) is 12.8 Å². The van der Waals surface area contributed by atoms with Crippen molar-refractivity contribution >= 4 is 5.91 Å². The Kier molecular flexibility index (Phi) is 2.64. The predicted molar refractivity (Wildman–Crippen MR) is 57.3 cm³/mol. The number of hydrogen-bond acceptors (Lipinski definition) is 3. The molecule has 0 atom stereocenters. The first-order valence-corrected chi connectivity index (χ1v) is 5.17. The minimum atomic E-state index is -0.547. The van der Waals surface area contributed by atoms with Gasteiger partial charge in [0.25, 0.3) is 5.56 Å². The molecule has 3 N–H and O–H groups in total. The van der Waals surface area contributed by atoms with Gasteiger partial charge in [-0.1, -0.05) is 0 Å². The molecule has 1 fully saturated rings. The second kappa shape index (κ2) is 3.96. The van der Waals surface area contributed by atoms with Gasteiger partial charge >= 0.3 is 5.69 Å². The molecule has 1 aliphatic carbocycles. The Morgan fingerprint density at radius 2 is 2.06 bits per heavy atom. The van der Waals surface area contributed by atoms with Gasteiger partial charge in [-0.15, -0.1) is 0 Å². The monoisotopic (exact) mass is 223 g/mol. The van der Waals surface area contributed by atoms with Gasteiger partial charge < -0.3 is 10.3 Å². The Bertz CT molecular complexity index is 525. The first-order valence-electron chi connectivity index (χ1n) is 5.17. The normalized spacial score (nSPS) is 14.8. The van der Waals surface area contributed by atoms with E-state index in [1.807, 2.05) is 0 Å². The van der Waals surface area contributed by atoms with Crippen LogP contribution in [0.15, 0.2) is 9.59 Å². The lowest BCUT2D eigenvalue weighted by atomic mass is 10.1. The van der Waals surface area contributed by atoms with Gasteiger partial charge in [0.1, 0.15) is 0 Å². The van der Waals surface area contributed by atoms with Crippen LogP contribution in [-0.2, 0) is 11.2 Å². The highest BCUT2D eigenvalue weighted by molar-refractivity contribution is 5.79. The Labute approximate surface area is 91.1 Å². The SMILES string of the molecule is Cc1[nH]c(=O)[nH]c(=O)c1CC(=O)NC1CC1. The van der Waals surface area contributed by atoms with E-state index in [1.54, 1.807) is 6.92 Å². The fraction of sp³-hybridized carbons (Fsp3) is 0.500. The lowest BCUT2D eigenvalue weighted by Gasteiger charge is -2.04. The van der Waals surface area contributed by atoms with Crippen molar-refractivity contribution in [3.8, 4) is 0 Å². The molecule has 16 heavy (non-hydrogen) atoms. The number of amides is 1. The van der Waals surface area contributed by atoms with Crippen LogP contribution in [-0.4, -0.2) is 21.9 Å². The van der Waals surface area contributed by atoms with Crippen LogP contribution in [0.4, 0.5) is 0 Å². The molecule has 1 aromatic rings. The molecule has 1 amide bonds. The smallest absolute Gasteiger partial charge is 0.325 e. The molecule has 1 aromatic heterocycles. The number of hydrogen-bond donors (Lipinski definition) is 3. The molecule has 0 saturated heterocycles. The fourth-order valence-electron chi connectivity index (χ4n) is 1.51. The van der Waals surface area contributed by atoms with E-state index in [9.17, 15) is 14.4 Å². The summed E-state index contributed by atoms with van der Waals surface area (Å²) in [5, 5.41) is 2.79. The average molecular weight is 223 g/mol. The standard InChI is InChI=1S/C10H13N3O3/c1-5-7(9(15)13-10(16)11-5)4-8(14)12-6-2-3-6/h6H,2-4H2,1H3,(H,12,14)(H2,11,13,15,16). The highest BCUT2D eigenvalue weighted by Gasteiger charge is 2.23. The second-order valence-corrected chi connectivity index (χ2v) is 4.03. The number of aromatic amines is 2. The van der Waals surface area contributed by atoms with Crippen molar-refractivity contribution in [2.75, 3.05) is 0 Å². The molecule has 6 heteroatoms. The Balaban J connectivity index is 2.16. The van der Waals surface area contributed by atoms with Crippen molar-refractivity contribution in [3.63, 3.8) is 0 Å². The maximum Gasteiger partial charge on any atom is 0.325 e. The molecule has 1 aliphatic rings. The zero-order valence-electron chi connectivity index (χ0n) is 8.92. The van der Waals surface area contributed by atoms with E-state index in [2.05, 4.69) is 15.3 Å². The Morgan fingerprint density at radius 1 is 1.38 bits per heavy atom. The summed E-state index contributed by atoms with van der Waals surface area (Å²) >= 11 is 0. The maximum absolute atomic E-state index is 11.5. The van der Waals surface area contributed by atoms with Crippen molar-refractivity contribution < 1.29 is 4.79 Å². The molecule has 0 unspecified atom stereocenters. The number of carbonyl (C=O) groups is 1. The molecule has 2 rings (SSSR count). The predicted octanol–water partition coefficient (Wildman–Crippen LogP) is -0.807. The van der Waals surface area contributed by atoms with Crippen molar-refractivity contribution in [2.45, 2.75) is 32.2 Å². The van der Waals surface area contributed by atoms with E-state index in [1.165, 1.54) is 0 Å². The highest BCUT2D eigenvalue weighted by Crippen LogP contribution is 2.18. The molecule has 0 radical (unpaired) electrons. The molecule has 1 heterocycles. The average Bonchev–Trinajstić information content (AvgIpc) is 2.95. The number of carbonyl (C=O) groups excluding carboxylic acids is 1. The van der Waals surface area contributed by atoms with Gasteiger partial charge in [0.05, 0.1) is 6.42 Å². The van der Waals surface area contributed by atoms with Crippen LogP contribution in [0.3, 0.4) is 0 Å². The summed E-state index contributed by atoms with van der Waals surface area (Å²) in [7, 11) is 0. The molecule has 0 aromatic carbocycles. The molecular weight excluding hydrogens is 210 g/mol. The zero-order chi connectivity index (χ0) is 11.7. The summed E-state index contributed by atoms with van der Waals surface area (Å²) in [5.41, 5.74) is -0.279. The highest BCUT2D eigenvalue weighted by atomic mass is 16.2. The van der Waals surface area contributed by atoms with E-state index in [0.29, 0.717) is 11.3 Å². The second-order valence-electron chi connectivity index (χ2n) is 4.03. The summed E-state index contributed by atoms with van der Waals surface area (Å²) in [6.07, 6.45) is 2.02. The number of rotatable bonds is 3. The van der Waals surface area contributed by atoms with E-state index < -0.39 is 11.2 Å². The maximum atomic E-state index is 11.5. The van der Waals surface area contributed by atoms with E-state index in [4.69, 9.17) is 0 Å². The third kappa shape index (κ3) is 2.39. The van der Waals surface area contributed by atoms with E-state index in [-0.39, 0.29) is 18.4 Å². The van der Waals surface area contributed by atoms with Crippen molar-refractivity contribution in [1.82, 2.24) is 15.3 Å². The third-order valence-corrected chi connectivity index (χ3v) is 2.53. The minimum absolute atomic E-state index is 0.00838. The van der Waals surface area contributed by atoms with Crippen molar-refractivity contribution in [1.29, 1.82) is 0 Å². The number of aryl methyl sites for hydroxylation is 1. The number of H-pyrrole nitrogens is 2. The molecule has 0 aliphatic heterocycles. The summed E-state index contributed by atoms with van der Waals surface area (Å²) in [5.74, 6) is -0.178. The fourth-order valence-corrected chi connectivity index (χ4v) is 1.51. The molecule has 86 valence electrons. The summed E-state index contributed by atoms with van der Waals surface area (Å²) in [4.78, 5) is 38.4. The first kappa shape index (κ1) is 10.7. The van der Waals surface area contributed by atoms with E-state index >= 15 is 0 Å². The van der Waals surface area contributed by atoms with Crippen LogP contribution in [0, 0.1) is 6.92 Å². The molecule has 6 nitrogen and oxygen atoms in total. The Hall–Kier alpha value is -1.85. The van der Waals surface area contributed by atoms with Crippen LogP contribution in [0.1, 0.15) is 24.1 Å². The van der Waals surface area contributed by atoms with Crippen molar-refractivity contribution in [3.05, 3.63) is 32.1 Å². The van der Waals surface area contributed by atoms with Gasteiger partial charge in [-0.25, -0.2) is 4.79 Å². The van der Waals surface area contributed by atoms with Gasteiger partial charge in [0.15, 0.2) is 0 Å². The van der Waals surface area contributed by atoms with Crippen LogP contribution >= 0.6 is 0 Å². The van der Waals surface area contributed by atoms with Gasteiger partial charge in [-0.05, 0) is 19.8 Å². The quantitative estimate of drug-likeness (QED) is 0.625. The molecule has 0 bridgehead atoms. The molecule has 1 saturated carbocycles. The van der Waals surface area contributed by atoms with Gasteiger partial charge in [0.2, 0.25) is 5.91 Å². The number of aromatic nitrogens is 2. The van der Waals surface area contributed by atoms with Gasteiger partial charge in [0, 0.05) is 17.3 Å². The van der Waals surface area contributed by atoms with Crippen LogP contribution in [0.25, 0.3) is 0 Å². The van der Waals surface area contributed by atoms with Gasteiger partial charge in [-0.2, -0.15) is 0 Å². The molecule has 0 spiro atoms. The lowest BCUT2D eigenvalue weighted by molar-refractivity contribution is -0.120.